The van der Waals surface area contributed by atoms with Crippen LogP contribution in [0.25, 0.3) is 86.6 Å². The number of furan rings is 1. The van der Waals surface area contributed by atoms with Gasteiger partial charge >= 0.3 is 0 Å². The molecule has 2 heteroatoms. The van der Waals surface area contributed by atoms with Crippen molar-refractivity contribution in [3.63, 3.8) is 0 Å². The summed E-state index contributed by atoms with van der Waals surface area (Å²) in [6, 6.07) is 56.8. The lowest BCUT2D eigenvalue weighted by atomic mass is 9.92. The molecule has 0 aliphatic heterocycles. The van der Waals surface area contributed by atoms with Crippen molar-refractivity contribution in [1.82, 2.24) is 0 Å². The molecule has 0 spiro atoms. The normalized spacial score (nSPS) is 11.6. The van der Waals surface area contributed by atoms with Crippen LogP contribution in [0, 0.1) is 0 Å². The maximum atomic E-state index is 6.49. The van der Waals surface area contributed by atoms with Gasteiger partial charge in [0, 0.05) is 30.9 Å². The Hall–Kier alpha value is -5.44. The van der Waals surface area contributed by atoms with Gasteiger partial charge in [-0.1, -0.05) is 115 Å². The highest BCUT2D eigenvalue weighted by atomic mass is 32.1. The highest BCUT2D eigenvalue weighted by Crippen LogP contribution is 2.42. The van der Waals surface area contributed by atoms with Gasteiger partial charge in [-0.3, -0.25) is 0 Å². The molecule has 0 aliphatic rings. The van der Waals surface area contributed by atoms with Crippen LogP contribution in [0.2, 0.25) is 0 Å². The van der Waals surface area contributed by atoms with Crippen molar-refractivity contribution < 1.29 is 4.42 Å². The third kappa shape index (κ3) is 4.15. The number of rotatable bonds is 4. The third-order valence-electron chi connectivity index (χ3n) is 8.69. The van der Waals surface area contributed by atoms with Gasteiger partial charge in [0.2, 0.25) is 0 Å². The topological polar surface area (TPSA) is 13.1 Å². The molecule has 0 radical (unpaired) electrons. The first-order valence-corrected chi connectivity index (χ1v) is 15.7. The van der Waals surface area contributed by atoms with E-state index >= 15 is 0 Å². The zero-order valence-corrected chi connectivity index (χ0v) is 24.6. The molecule has 0 amide bonds. The van der Waals surface area contributed by atoms with Gasteiger partial charge in [0.05, 0.1) is 0 Å². The number of benzene rings is 7. The second-order valence-corrected chi connectivity index (χ2v) is 12.4. The molecular weight excluding hydrogens is 553 g/mol. The molecule has 0 fully saturated rings. The molecule has 0 aliphatic carbocycles. The highest BCUT2D eigenvalue weighted by Gasteiger charge is 2.16. The molecule has 9 rings (SSSR count). The summed E-state index contributed by atoms with van der Waals surface area (Å²) in [5.41, 5.74) is 11.4. The summed E-state index contributed by atoms with van der Waals surface area (Å²) in [5.74, 6) is 0. The Balaban J connectivity index is 1.21. The number of para-hydroxylation sites is 1. The molecule has 0 saturated carbocycles. The first-order valence-electron chi connectivity index (χ1n) is 14.9. The average molecular weight is 579 g/mol. The molecule has 206 valence electrons. The molecular formula is C42H26OS. The van der Waals surface area contributed by atoms with Gasteiger partial charge in [-0.05, 0) is 87.0 Å². The predicted molar refractivity (Wildman–Crippen MR) is 188 cm³/mol. The smallest absolute Gasteiger partial charge is 0.136 e. The minimum Gasteiger partial charge on any atom is -0.456 e. The van der Waals surface area contributed by atoms with E-state index < -0.39 is 0 Å². The second kappa shape index (κ2) is 10.1. The Morgan fingerprint density at radius 2 is 0.955 bits per heavy atom. The second-order valence-electron chi connectivity index (χ2n) is 11.3. The summed E-state index contributed by atoms with van der Waals surface area (Å²) in [6.07, 6.45) is 0. The van der Waals surface area contributed by atoms with Crippen molar-refractivity contribution in [2.45, 2.75) is 0 Å². The van der Waals surface area contributed by atoms with E-state index in [0.717, 1.165) is 27.5 Å². The zero-order valence-electron chi connectivity index (χ0n) is 23.8. The van der Waals surface area contributed by atoms with Crippen molar-refractivity contribution in [1.29, 1.82) is 0 Å². The average Bonchev–Trinajstić information content (AvgIpc) is 3.66. The molecule has 2 heterocycles. The fraction of sp³-hybridized carbons (Fsp3) is 0. The Kier molecular flexibility index (Phi) is 5.75. The van der Waals surface area contributed by atoms with Gasteiger partial charge in [0.1, 0.15) is 11.2 Å². The van der Waals surface area contributed by atoms with E-state index in [9.17, 15) is 0 Å². The van der Waals surface area contributed by atoms with Gasteiger partial charge in [-0.25, -0.2) is 0 Å². The van der Waals surface area contributed by atoms with Gasteiger partial charge in [-0.15, -0.1) is 11.3 Å². The van der Waals surface area contributed by atoms with Gasteiger partial charge in [0.15, 0.2) is 0 Å². The number of hydrogen-bond donors (Lipinski definition) is 0. The first-order chi connectivity index (χ1) is 21.8. The van der Waals surface area contributed by atoms with Gasteiger partial charge < -0.3 is 4.42 Å². The molecule has 0 saturated heterocycles. The fourth-order valence-electron chi connectivity index (χ4n) is 6.51. The summed E-state index contributed by atoms with van der Waals surface area (Å²) >= 11 is 1.85. The quantitative estimate of drug-likeness (QED) is 0.202. The van der Waals surface area contributed by atoms with E-state index in [0.29, 0.717) is 0 Å². The largest absolute Gasteiger partial charge is 0.456 e. The molecule has 0 bridgehead atoms. The molecule has 0 N–H and O–H groups in total. The van der Waals surface area contributed by atoms with Crippen LogP contribution in [-0.4, -0.2) is 0 Å². The highest BCUT2D eigenvalue weighted by molar-refractivity contribution is 7.25. The van der Waals surface area contributed by atoms with Gasteiger partial charge in [-0.2, -0.15) is 0 Å². The summed E-state index contributed by atoms with van der Waals surface area (Å²) in [4.78, 5) is 0. The van der Waals surface area contributed by atoms with Crippen LogP contribution in [-0.2, 0) is 0 Å². The molecule has 1 nitrogen and oxygen atoms in total. The lowest BCUT2D eigenvalue weighted by Crippen LogP contribution is -1.86. The Labute approximate surface area is 259 Å². The van der Waals surface area contributed by atoms with Crippen LogP contribution < -0.4 is 0 Å². The van der Waals surface area contributed by atoms with E-state index in [2.05, 4.69) is 152 Å². The van der Waals surface area contributed by atoms with Gasteiger partial charge in [0.25, 0.3) is 0 Å². The first kappa shape index (κ1) is 25.1. The Bertz CT molecular complexity index is 2480. The van der Waals surface area contributed by atoms with Crippen molar-refractivity contribution in [3.8, 4) is 44.5 Å². The SMILES string of the molecule is c1ccc(-c2ccc(-c3cccc(-c4cc(-c5ccc6sc7ccccc7c6c5)cc5oc6ccccc6c45)c3)cc2)cc1. The van der Waals surface area contributed by atoms with Crippen molar-refractivity contribution in [3.05, 3.63) is 158 Å². The number of fused-ring (bicyclic) bond motifs is 6. The summed E-state index contributed by atoms with van der Waals surface area (Å²) in [6.45, 7) is 0. The number of thiophene rings is 1. The minimum absolute atomic E-state index is 0.909. The molecule has 2 aromatic heterocycles. The summed E-state index contributed by atoms with van der Waals surface area (Å²) in [5, 5.41) is 4.91. The molecule has 44 heavy (non-hydrogen) atoms. The van der Waals surface area contributed by atoms with E-state index in [1.54, 1.807) is 0 Å². The Morgan fingerprint density at radius 3 is 1.82 bits per heavy atom. The lowest BCUT2D eigenvalue weighted by molar-refractivity contribution is 0.669. The third-order valence-corrected chi connectivity index (χ3v) is 9.84. The minimum atomic E-state index is 0.909. The summed E-state index contributed by atoms with van der Waals surface area (Å²) < 4.78 is 9.12. The monoisotopic (exact) mass is 578 g/mol. The maximum Gasteiger partial charge on any atom is 0.136 e. The van der Waals surface area contributed by atoms with E-state index in [4.69, 9.17) is 4.42 Å². The van der Waals surface area contributed by atoms with Crippen LogP contribution in [0.15, 0.2) is 162 Å². The van der Waals surface area contributed by atoms with Crippen LogP contribution in [0.4, 0.5) is 0 Å². The van der Waals surface area contributed by atoms with Crippen molar-refractivity contribution in [2.24, 2.45) is 0 Å². The van der Waals surface area contributed by atoms with Crippen molar-refractivity contribution in [2.75, 3.05) is 0 Å². The predicted octanol–water partition coefficient (Wildman–Crippen LogP) is 12.6. The van der Waals surface area contributed by atoms with Crippen LogP contribution in [0.5, 0.6) is 0 Å². The van der Waals surface area contributed by atoms with E-state index in [1.807, 2.05) is 17.4 Å². The van der Waals surface area contributed by atoms with Crippen molar-refractivity contribution >= 4 is 53.4 Å². The molecule has 0 unspecified atom stereocenters. The van der Waals surface area contributed by atoms with E-state index in [1.165, 1.54) is 59.1 Å². The zero-order chi connectivity index (χ0) is 29.0. The fourth-order valence-corrected chi connectivity index (χ4v) is 7.59. The molecule has 9 aromatic rings. The van der Waals surface area contributed by atoms with E-state index in [-0.39, 0.29) is 0 Å². The number of hydrogen-bond acceptors (Lipinski definition) is 2. The van der Waals surface area contributed by atoms with Crippen LogP contribution >= 0.6 is 11.3 Å². The standard InChI is InChI=1S/C42H26OS/c1-2-9-27(10-3-1)28-17-19-29(20-18-28)30-11-8-12-32(23-30)36-25-33(26-39-42(36)35-14-4-6-15-38(35)43-39)31-21-22-41-37(24-31)34-13-5-7-16-40(34)44-41/h1-26H. The molecule has 0 atom stereocenters. The Morgan fingerprint density at radius 1 is 0.341 bits per heavy atom. The molecule has 7 aromatic carbocycles. The summed E-state index contributed by atoms with van der Waals surface area (Å²) in [7, 11) is 0. The lowest BCUT2D eigenvalue weighted by Gasteiger charge is -2.11. The maximum absolute atomic E-state index is 6.49. The van der Waals surface area contributed by atoms with Crippen LogP contribution in [0.3, 0.4) is 0 Å². The van der Waals surface area contributed by atoms with Crippen LogP contribution in [0.1, 0.15) is 0 Å².